The van der Waals surface area contributed by atoms with Crippen LogP contribution in [-0.4, -0.2) is 34.8 Å². The van der Waals surface area contributed by atoms with Crippen LogP contribution < -0.4 is 5.32 Å². The Hall–Kier alpha value is -2.21. The number of rotatable bonds is 5. The second kappa shape index (κ2) is 8.65. The molecule has 0 bridgehead atoms. The van der Waals surface area contributed by atoms with Crippen molar-refractivity contribution < 1.29 is 9.59 Å². The largest absolute Gasteiger partial charge is 0.343 e. The van der Waals surface area contributed by atoms with Gasteiger partial charge in [0.2, 0.25) is 11.8 Å². The number of hydrogen-bond acceptors (Lipinski definition) is 4. The van der Waals surface area contributed by atoms with E-state index in [0.29, 0.717) is 37.5 Å². The zero-order valence-electron chi connectivity index (χ0n) is 16.2. The van der Waals surface area contributed by atoms with Crippen LogP contribution in [0.2, 0.25) is 0 Å². The van der Waals surface area contributed by atoms with E-state index in [-0.39, 0.29) is 17.7 Å². The first-order valence-corrected chi connectivity index (χ1v) is 10.4. The van der Waals surface area contributed by atoms with Gasteiger partial charge in [-0.3, -0.25) is 9.59 Å². The second-order valence-electron chi connectivity index (χ2n) is 7.37. The number of thiazole rings is 1. The fourth-order valence-corrected chi connectivity index (χ4v) is 4.23. The van der Waals surface area contributed by atoms with Crippen LogP contribution in [0.1, 0.15) is 41.6 Å². The number of carbonyl (C=O) groups is 2. The Bertz CT molecular complexity index is 823. The van der Waals surface area contributed by atoms with E-state index in [9.17, 15) is 9.59 Å². The summed E-state index contributed by atoms with van der Waals surface area (Å²) in [5.41, 5.74) is 4.65. The molecule has 2 amide bonds. The highest BCUT2D eigenvalue weighted by atomic mass is 32.1. The normalized spacial score (nSPS) is 15.0. The Morgan fingerprint density at radius 1 is 1.22 bits per heavy atom. The number of anilines is 1. The number of hydrogen-bond donors (Lipinski definition) is 1. The summed E-state index contributed by atoms with van der Waals surface area (Å²) in [6.07, 6.45) is 2.73. The van der Waals surface area contributed by atoms with Crippen LogP contribution in [0.3, 0.4) is 0 Å². The van der Waals surface area contributed by atoms with Gasteiger partial charge in [-0.2, -0.15) is 0 Å². The number of benzene rings is 1. The molecule has 0 saturated carbocycles. The Balaban J connectivity index is 1.45. The fourth-order valence-electron chi connectivity index (χ4n) is 3.54. The first kappa shape index (κ1) is 19.5. The van der Waals surface area contributed by atoms with E-state index in [1.807, 2.05) is 17.2 Å². The zero-order valence-corrected chi connectivity index (χ0v) is 17.1. The number of likely N-dealkylation sites (tertiary alicyclic amines) is 1. The maximum Gasteiger partial charge on any atom is 0.229 e. The highest BCUT2D eigenvalue weighted by molar-refractivity contribution is 7.13. The van der Waals surface area contributed by atoms with E-state index < -0.39 is 0 Å². The summed E-state index contributed by atoms with van der Waals surface area (Å²) >= 11 is 1.45. The first-order valence-electron chi connectivity index (χ1n) is 9.49. The van der Waals surface area contributed by atoms with Crippen LogP contribution in [-0.2, 0) is 16.0 Å². The van der Waals surface area contributed by atoms with Crippen LogP contribution in [0.25, 0.3) is 0 Å². The van der Waals surface area contributed by atoms with Gasteiger partial charge in [-0.25, -0.2) is 4.98 Å². The molecule has 3 rings (SSSR count). The maximum atomic E-state index is 12.5. The molecule has 2 heterocycles. The predicted octanol–water partition coefficient (Wildman–Crippen LogP) is 3.88. The maximum absolute atomic E-state index is 12.5. The predicted molar refractivity (Wildman–Crippen MR) is 109 cm³/mol. The second-order valence-corrected chi connectivity index (χ2v) is 8.23. The summed E-state index contributed by atoms with van der Waals surface area (Å²) in [5, 5.41) is 5.48. The lowest BCUT2D eigenvalue weighted by Crippen LogP contribution is -2.41. The molecule has 0 spiro atoms. The summed E-state index contributed by atoms with van der Waals surface area (Å²) in [4.78, 5) is 31.1. The van der Waals surface area contributed by atoms with E-state index in [0.717, 1.165) is 12.1 Å². The van der Waals surface area contributed by atoms with Gasteiger partial charge < -0.3 is 10.2 Å². The molecule has 1 aliphatic heterocycles. The number of amides is 2. The molecule has 1 aromatic carbocycles. The van der Waals surface area contributed by atoms with E-state index in [4.69, 9.17) is 0 Å². The molecule has 1 aliphatic rings. The summed E-state index contributed by atoms with van der Waals surface area (Å²) in [5.74, 6) is 0.161. The Morgan fingerprint density at radius 2 is 1.96 bits per heavy atom. The third-order valence-corrected chi connectivity index (χ3v) is 6.05. The number of piperidine rings is 1. The van der Waals surface area contributed by atoms with Gasteiger partial charge in [0, 0.05) is 30.8 Å². The van der Waals surface area contributed by atoms with Crippen LogP contribution in [0.4, 0.5) is 5.13 Å². The lowest BCUT2D eigenvalue weighted by molar-refractivity contribution is -0.134. The van der Waals surface area contributed by atoms with E-state index in [2.05, 4.69) is 42.3 Å². The van der Waals surface area contributed by atoms with Crippen molar-refractivity contribution in [3.8, 4) is 0 Å². The highest BCUT2D eigenvalue weighted by Gasteiger charge is 2.27. The Morgan fingerprint density at radius 3 is 2.59 bits per heavy atom. The van der Waals surface area contributed by atoms with Gasteiger partial charge in [0.05, 0.1) is 5.69 Å². The Labute approximate surface area is 164 Å². The number of nitrogens with one attached hydrogen (secondary N) is 1. The molecular formula is C21H27N3O2S. The minimum Gasteiger partial charge on any atom is -0.343 e. The minimum atomic E-state index is -0.0439. The van der Waals surface area contributed by atoms with Gasteiger partial charge in [-0.05, 0) is 51.2 Å². The van der Waals surface area contributed by atoms with Crippen molar-refractivity contribution in [2.24, 2.45) is 5.92 Å². The number of carbonyl (C=O) groups excluding carboxylic acids is 2. The van der Waals surface area contributed by atoms with Gasteiger partial charge in [0.25, 0.3) is 0 Å². The fraction of sp³-hybridized carbons (Fsp3) is 0.476. The molecule has 1 aromatic heterocycles. The molecule has 0 atom stereocenters. The molecule has 2 aromatic rings. The molecule has 6 heteroatoms. The third kappa shape index (κ3) is 5.16. The molecule has 0 unspecified atom stereocenters. The monoisotopic (exact) mass is 385 g/mol. The van der Waals surface area contributed by atoms with E-state index in [1.165, 1.54) is 28.0 Å². The zero-order chi connectivity index (χ0) is 19.4. The Kier molecular flexibility index (Phi) is 6.26. The van der Waals surface area contributed by atoms with Crippen molar-refractivity contribution in [1.29, 1.82) is 0 Å². The van der Waals surface area contributed by atoms with Gasteiger partial charge in [-0.15, -0.1) is 11.3 Å². The first-order chi connectivity index (χ1) is 12.9. The van der Waals surface area contributed by atoms with Crippen molar-refractivity contribution in [3.63, 3.8) is 0 Å². The van der Waals surface area contributed by atoms with Gasteiger partial charge in [0.15, 0.2) is 5.13 Å². The van der Waals surface area contributed by atoms with Crippen molar-refractivity contribution in [3.05, 3.63) is 46.0 Å². The molecule has 1 N–H and O–H groups in total. The average Bonchev–Trinajstić information content (AvgIpc) is 3.05. The lowest BCUT2D eigenvalue weighted by Gasteiger charge is -2.31. The van der Waals surface area contributed by atoms with E-state index >= 15 is 0 Å². The quantitative estimate of drug-likeness (QED) is 0.850. The molecular weight excluding hydrogens is 358 g/mol. The number of aryl methyl sites for hydroxylation is 4. The molecule has 0 radical (unpaired) electrons. The van der Waals surface area contributed by atoms with E-state index in [1.54, 1.807) is 0 Å². The number of nitrogens with zero attached hydrogens (tertiary/aromatic N) is 2. The molecule has 0 aliphatic carbocycles. The molecule has 144 valence electrons. The molecule has 27 heavy (non-hydrogen) atoms. The lowest BCUT2D eigenvalue weighted by atomic mass is 9.95. The highest BCUT2D eigenvalue weighted by Crippen LogP contribution is 2.22. The average molecular weight is 386 g/mol. The number of aromatic nitrogens is 1. The summed E-state index contributed by atoms with van der Waals surface area (Å²) in [7, 11) is 0. The van der Waals surface area contributed by atoms with Crippen LogP contribution in [0.15, 0.2) is 23.6 Å². The SMILES string of the molecule is Cc1ccc(CCC(=O)N2CCC(C(=O)Nc3nc(C)cs3)CC2)c(C)c1. The topological polar surface area (TPSA) is 62.3 Å². The van der Waals surface area contributed by atoms with Crippen molar-refractivity contribution in [2.75, 3.05) is 18.4 Å². The van der Waals surface area contributed by atoms with Crippen molar-refractivity contribution >= 4 is 28.3 Å². The smallest absolute Gasteiger partial charge is 0.229 e. The van der Waals surface area contributed by atoms with Crippen molar-refractivity contribution in [1.82, 2.24) is 9.88 Å². The third-order valence-electron chi connectivity index (χ3n) is 5.17. The molecule has 1 saturated heterocycles. The van der Waals surface area contributed by atoms with Crippen LogP contribution in [0.5, 0.6) is 0 Å². The van der Waals surface area contributed by atoms with Crippen LogP contribution in [0, 0.1) is 26.7 Å². The molecule has 1 fully saturated rings. The standard InChI is InChI=1S/C21H27N3O2S/c1-14-4-5-17(15(2)12-14)6-7-19(25)24-10-8-18(9-11-24)20(26)23-21-22-16(3)13-27-21/h4-5,12-13,18H,6-11H2,1-3H3,(H,22,23,26). The minimum absolute atomic E-state index is 0.0201. The summed E-state index contributed by atoms with van der Waals surface area (Å²) in [6, 6.07) is 6.38. The van der Waals surface area contributed by atoms with Crippen molar-refractivity contribution in [2.45, 2.75) is 46.5 Å². The van der Waals surface area contributed by atoms with Gasteiger partial charge >= 0.3 is 0 Å². The van der Waals surface area contributed by atoms with Gasteiger partial charge in [0.1, 0.15) is 0 Å². The summed E-state index contributed by atoms with van der Waals surface area (Å²) < 4.78 is 0. The summed E-state index contributed by atoms with van der Waals surface area (Å²) in [6.45, 7) is 7.40. The van der Waals surface area contributed by atoms with Crippen LogP contribution >= 0.6 is 11.3 Å². The molecule has 5 nitrogen and oxygen atoms in total. The van der Waals surface area contributed by atoms with Gasteiger partial charge in [-0.1, -0.05) is 23.8 Å².